The molecule has 5 aromatic carbocycles. The number of H-pyrrole nitrogens is 1. The fourth-order valence-corrected chi connectivity index (χ4v) is 6.54. The molecular formula is C33H20BN2O. The molecule has 0 spiro atoms. The van der Waals surface area contributed by atoms with E-state index in [1.54, 1.807) is 0 Å². The zero-order valence-electron chi connectivity index (χ0n) is 20.2. The van der Waals surface area contributed by atoms with Crippen molar-refractivity contribution in [2.45, 2.75) is 6.92 Å². The van der Waals surface area contributed by atoms with Crippen LogP contribution in [0.1, 0.15) is 5.56 Å². The summed E-state index contributed by atoms with van der Waals surface area (Å²) in [4.78, 5) is 3.64. The summed E-state index contributed by atoms with van der Waals surface area (Å²) < 4.78 is 8.68. The quantitative estimate of drug-likeness (QED) is 0.255. The highest BCUT2D eigenvalue weighted by Gasteiger charge is 2.26. The van der Waals surface area contributed by atoms with Crippen molar-refractivity contribution in [3.63, 3.8) is 0 Å². The molecule has 0 aliphatic carbocycles. The second-order valence-corrected chi connectivity index (χ2v) is 10.1. The summed E-state index contributed by atoms with van der Waals surface area (Å²) in [6, 6.07) is 34.9. The third-order valence-electron chi connectivity index (χ3n) is 8.03. The van der Waals surface area contributed by atoms with E-state index >= 15 is 0 Å². The molecule has 0 fully saturated rings. The molecule has 1 N–H and O–H groups in total. The molecule has 1 radical (unpaired) electrons. The summed E-state index contributed by atoms with van der Waals surface area (Å²) in [6.45, 7) is 2.20. The summed E-state index contributed by atoms with van der Waals surface area (Å²) in [5.41, 5.74) is 12.8. The maximum Gasteiger partial charge on any atom is 0.206 e. The third kappa shape index (κ3) is 2.42. The first-order valence-corrected chi connectivity index (χ1v) is 12.7. The van der Waals surface area contributed by atoms with Crippen LogP contribution in [0.3, 0.4) is 0 Å². The smallest absolute Gasteiger partial charge is 0.206 e. The molecule has 3 aromatic heterocycles. The number of aromatic amines is 1. The van der Waals surface area contributed by atoms with Crippen LogP contribution in [-0.2, 0) is 0 Å². The van der Waals surface area contributed by atoms with E-state index in [4.69, 9.17) is 4.42 Å². The van der Waals surface area contributed by atoms with Gasteiger partial charge in [-0.1, -0.05) is 84.3 Å². The minimum Gasteiger partial charge on any atom is -0.440 e. The van der Waals surface area contributed by atoms with Crippen LogP contribution >= 0.6 is 0 Å². The van der Waals surface area contributed by atoms with Crippen molar-refractivity contribution in [2.75, 3.05) is 0 Å². The van der Waals surface area contributed by atoms with Crippen LogP contribution in [0.2, 0.25) is 0 Å². The molecule has 0 amide bonds. The Labute approximate surface area is 213 Å². The summed E-state index contributed by atoms with van der Waals surface area (Å²) >= 11 is 0. The minimum absolute atomic E-state index is 0.831. The van der Waals surface area contributed by atoms with Gasteiger partial charge in [0.1, 0.15) is 5.58 Å². The molecule has 0 atom stereocenters. The number of aromatic nitrogens is 2. The Bertz CT molecular complexity index is 2240. The Morgan fingerprint density at radius 3 is 2.46 bits per heavy atom. The highest BCUT2D eigenvalue weighted by atomic mass is 16.3. The number of para-hydroxylation sites is 4. The van der Waals surface area contributed by atoms with Gasteiger partial charge in [0.15, 0.2) is 7.28 Å². The molecular weight excluding hydrogens is 451 g/mol. The van der Waals surface area contributed by atoms with E-state index in [1.807, 2.05) is 12.1 Å². The van der Waals surface area contributed by atoms with Gasteiger partial charge >= 0.3 is 0 Å². The first-order chi connectivity index (χ1) is 18.3. The van der Waals surface area contributed by atoms with Gasteiger partial charge in [0, 0.05) is 38.3 Å². The van der Waals surface area contributed by atoms with Crippen LogP contribution in [0.5, 0.6) is 0 Å². The van der Waals surface area contributed by atoms with Gasteiger partial charge in [-0.25, -0.2) is 0 Å². The van der Waals surface area contributed by atoms with E-state index in [0.29, 0.717) is 0 Å². The number of aryl methyl sites for hydroxylation is 1. The third-order valence-corrected chi connectivity index (χ3v) is 8.03. The van der Waals surface area contributed by atoms with Gasteiger partial charge in [0.05, 0.1) is 16.4 Å². The predicted molar refractivity (Wildman–Crippen MR) is 155 cm³/mol. The lowest BCUT2D eigenvalue weighted by Crippen LogP contribution is -2.37. The largest absolute Gasteiger partial charge is 0.440 e. The number of hydrogen-bond acceptors (Lipinski definition) is 1. The molecule has 4 heteroatoms. The molecule has 0 unspecified atom stereocenters. The van der Waals surface area contributed by atoms with Crippen LogP contribution < -0.4 is 10.9 Å². The van der Waals surface area contributed by atoms with Gasteiger partial charge < -0.3 is 14.0 Å². The fraction of sp³-hybridized carbons (Fsp3) is 0.0303. The van der Waals surface area contributed by atoms with Crippen LogP contribution in [0.4, 0.5) is 0 Å². The average molecular weight is 471 g/mol. The second kappa shape index (κ2) is 6.74. The van der Waals surface area contributed by atoms with Crippen molar-refractivity contribution in [3.05, 3.63) is 103 Å². The number of fused-ring (bicyclic) bond motifs is 10. The van der Waals surface area contributed by atoms with Gasteiger partial charge in [-0.05, 0) is 41.7 Å². The fourth-order valence-electron chi connectivity index (χ4n) is 6.54. The lowest BCUT2D eigenvalue weighted by Gasteiger charge is -2.24. The van der Waals surface area contributed by atoms with E-state index in [9.17, 15) is 0 Å². The molecule has 0 saturated carbocycles. The zero-order chi connectivity index (χ0) is 24.2. The molecule has 1 aliphatic heterocycles. The lowest BCUT2D eigenvalue weighted by molar-refractivity contribution is 0.657. The van der Waals surface area contributed by atoms with Gasteiger partial charge in [-0.3, -0.25) is 0 Å². The normalized spacial score (nSPS) is 12.7. The SMILES string of the molecule is Cc1cc(-c2cccc3c2[nH]c2oc4ccccc4c23)c2c(c1)-n1c3ccccc3c3cccc(c31)[B]2. The van der Waals surface area contributed by atoms with E-state index < -0.39 is 0 Å². The van der Waals surface area contributed by atoms with E-state index in [2.05, 4.69) is 109 Å². The van der Waals surface area contributed by atoms with Crippen molar-refractivity contribution >= 4 is 73.0 Å². The molecule has 9 rings (SSSR count). The van der Waals surface area contributed by atoms with E-state index in [1.165, 1.54) is 60.5 Å². The first-order valence-electron chi connectivity index (χ1n) is 12.7. The maximum absolute atomic E-state index is 6.22. The van der Waals surface area contributed by atoms with E-state index in [-0.39, 0.29) is 0 Å². The number of furan rings is 1. The molecule has 37 heavy (non-hydrogen) atoms. The molecule has 0 saturated heterocycles. The maximum atomic E-state index is 6.22. The molecule has 3 nitrogen and oxygen atoms in total. The monoisotopic (exact) mass is 471 g/mol. The minimum atomic E-state index is 0.831. The van der Waals surface area contributed by atoms with Crippen molar-refractivity contribution in [3.8, 4) is 16.8 Å². The van der Waals surface area contributed by atoms with Crippen LogP contribution in [-0.4, -0.2) is 16.8 Å². The summed E-state index contributed by atoms with van der Waals surface area (Å²) in [5.74, 6) is 0. The van der Waals surface area contributed by atoms with Crippen LogP contribution in [0.25, 0.3) is 71.6 Å². The number of hydrogen-bond donors (Lipinski definition) is 1. The molecule has 4 heterocycles. The number of nitrogens with zero attached hydrogens (tertiary/aromatic N) is 1. The van der Waals surface area contributed by atoms with E-state index in [0.717, 1.165) is 27.6 Å². The zero-order valence-corrected chi connectivity index (χ0v) is 20.2. The molecule has 0 bridgehead atoms. The molecule has 1 aliphatic rings. The highest BCUT2D eigenvalue weighted by molar-refractivity contribution is 6.73. The predicted octanol–water partition coefficient (Wildman–Crippen LogP) is 7.11. The van der Waals surface area contributed by atoms with Crippen LogP contribution in [0, 0.1) is 6.92 Å². The topological polar surface area (TPSA) is 33.9 Å². The molecule has 171 valence electrons. The molecule has 8 aromatic rings. The standard InChI is InChI=1S/C33H20BN2O/c1-18-16-24(20-10-6-12-23-29-22-9-3-5-15-28(22)37-33(29)35-31(20)23)30-27(17-18)36-26-14-4-2-8-19(26)21-11-7-13-25(34-30)32(21)36/h2-17,35H,1H3. The van der Waals surface area contributed by atoms with Crippen molar-refractivity contribution in [2.24, 2.45) is 0 Å². The van der Waals surface area contributed by atoms with Crippen molar-refractivity contribution < 1.29 is 4.42 Å². The summed E-state index contributed by atoms with van der Waals surface area (Å²) in [7, 11) is 2.37. The highest BCUT2D eigenvalue weighted by Crippen LogP contribution is 2.39. The van der Waals surface area contributed by atoms with Gasteiger partial charge in [0.25, 0.3) is 0 Å². The van der Waals surface area contributed by atoms with Crippen molar-refractivity contribution in [1.82, 2.24) is 9.55 Å². The van der Waals surface area contributed by atoms with Gasteiger partial charge in [-0.15, -0.1) is 0 Å². The number of nitrogens with one attached hydrogen (secondary N) is 1. The lowest BCUT2D eigenvalue weighted by atomic mass is 9.59. The Morgan fingerprint density at radius 1 is 0.730 bits per heavy atom. The summed E-state index contributed by atoms with van der Waals surface area (Å²) in [6.07, 6.45) is 0. The Morgan fingerprint density at radius 2 is 1.51 bits per heavy atom. The number of benzene rings is 5. The Balaban J connectivity index is 1.39. The van der Waals surface area contributed by atoms with Crippen molar-refractivity contribution in [1.29, 1.82) is 0 Å². The second-order valence-electron chi connectivity index (χ2n) is 10.1. The summed E-state index contributed by atoms with van der Waals surface area (Å²) in [5, 5.41) is 6.09. The van der Waals surface area contributed by atoms with Crippen LogP contribution in [0.15, 0.2) is 101 Å². The first kappa shape index (κ1) is 19.5. The average Bonchev–Trinajstić information content (AvgIpc) is 3.58. The van der Waals surface area contributed by atoms with Gasteiger partial charge in [-0.2, -0.15) is 0 Å². The Kier molecular flexibility index (Phi) is 3.55. The Hall–Kier alpha value is -4.70. The number of rotatable bonds is 1. The van der Waals surface area contributed by atoms with Gasteiger partial charge in [0.2, 0.25) is 5.71 Å².